The molecule has 0 radical (unpaired) electrons. The van der Waals surface area contributed by atoms with Gasteiger partial charge in [-0.25, -0.2) is 15.4 Å². The van der Waals surface area contributed by atoms with Crippen molar-refractivity contribution in [3.05, 3.63) is 0 Å². The molecule has 0 saturated carbocycles. The molecule has 14 heteroatoms. The number of carboxylic acid groups (broad SMARTS) is 2. The molecule has 3 atom stereocenters. The van der Waals surface area contributed by atoms with Gasteiger partial charge in [0, 0.05) is 6.54 Å². The second-order valence-corrected chi connectivity index (χ2v) is 5.97. The molecule has 24 heavy (non-hydrogen) atoms. The number of hydrogen-bond acceptors (Lipinski definition) is 7. The molecule has 0 amide bonds. The summed E-state index contributed by atoms with van der Waals surface area (Å²) < 4.78 is 15.0. The molecule has 13 nitrogen and oxygen atoms in total. The minimum Gasteiger partial charge on any atom is -0.480 e. The lowest BCUT2D eigenvalue weighted by Crippen LogP contribution is -2.56. The van der Waals surface area contributed by atoms with Crippen LogP contribution in [0.2, 0.25) is 0 Å². The van der Waals surface area contributed by atoms with Gasteiger partial charge in [-0.3, -0.25) is 19.5 Å². The maximum absolute atomic E-state index is 11.1. The average molecular weight is 371 g/mol. The van der Waals surface area contributed by atoms with Gasteiger partial charge in [-0.05, 0) is 19.8 Å². The van der Waals surface area contributed by atoms with Crippen molar-refractivity contribution in [1.29, 1.82) is 5.41 Å². The van der Waals surface area contributed by atoms with Gasteiger partial charge in [-0.1, -0.05) is 0 Å². The van der Waals surface area contributed by atoms with Crippen molar-refractivity contribution in [2.45, 2.75) is 38.0 Å². The monoisotopic (exact) mass is 371 g/mol. The maximum Gasteiger partial charge on any atom is 0.469 e. The van der Waals surface area contributed by atoms with E-state index in [0.717, 1.165) is 6.92 Å². The lowest BCUT2D eigenvalue weighted by molar-refractivity contribution is -0.145. The number of hydrazine groups is 1. The fourth-order valence-corrected chi connectivity index (χ4v) is 2.19. The van der Waals surface area contributed by atoms with Crippen LogP contribution in [0.15, 0.2) is 0 Å². The quantitative estimate of drug-likeness (QED) is 0.0582. The van der Waals surface area contributed by atoms with E-state index in [1.54, 1.807) is 0 Å². The summed E-state index contributed by atoms with van der Waals surface area (Å²) in [7, 11) is -4.90. The van der Waals surface area contributed by atoms with Crippen LogP contribution >= 0.6 is 7.82 Å². The van der Waals surface area contributed by atoms with E-state index in [1.165, 1.54) is 0 Å². The number of guanidine groups is 1. The fraction of sp³-hybridized carbons (Fsp3) is 0.700. The number of hydrogen-bond donors (Lipinski definition) is 9. The zero-order chi connectivity index (χ0) is 18.9. The Labute approximate surface area is 137 Å². The first-order valence-corrected chi connectivity index (χ1v) is 8.25. The van der Waals surface area contributed by atoms with Crippen LogP contribution in [0.3, 0.4) is 0 Å². The predicted molar refractivity (Wildman–Crippen MR) is 80.9 cm³/mol. The molecule has 0 heterocycles. The summed E-state index contributed by atoms with van der Waals surface area (Å²) in [6, 6.07) is -2.78. The van der Waals surface area contributed by atoms with E-state index in [9.17, 15) is 14.2 Å². The molecule has 10 N–H and O–H groups in total. The highest BCUT2D eigenvalue weighted by Crippen LogP contribution is 2.38. The van der Waals surface area contributed by atoms with Gasteiger partial charge in [0.2, 0.25) is 0 Å². The normalized spacial score (nSPS) is 15.3. The number of nitrogens with two attached hydrogens (primary N) is 1. The Bertz CT molecular complexity index is 498. The summed E-state index contributed by atoms with van der Waals surface area (Å²) in [5.74, 6) is -3.02. The first-order chi connectivity index (χ1) is 10.9. The van der Waals surface area contributed by atoms with Crippen molar-refractivity contribution in [3.63, 3.8) is 0 Å². The Kier molecular flexibility index (Phi) is 9.43. The number of nitrogens with one attached hydrogen (secondary N) is 4. The van der Waals surface area contributed by atoms with Gasteiger partial charge in [-0.2, -0.15) is 0 Å². The molecular formula is C10H22N5O8P. The molecule has 140 valence electrons. The predicted octanol–water partition coefficient (Wildman–Crippen LogP) is -2.25. The van der Waals surface area contributed by atoms with E-state index < -0.39 is 37.9 Å². The third kappa shape index (κ3) is 10.1. The molecular weight excluding hydrogens is 349 g/mol. The number of aliphatic carboxylic acids is 2. The number of rotatable bonds is 12. The van der Waals surface area contributed by atoms with Crippen molar-refractivity contribution in [3.8, 4) is 0 Å². The van der Waals surface area contributed by atoms with Gasteiger partial charge in [0.05, 0.1) is 6.10 Å². The standard InChI is InChI=1S/C10H22N5O8P/c1-5(23-24(20,21)22)7(9(18)19)15-14-6(8(16)17)3-2-4-13-10(11)12/h5-7,14-15H,2-4H2,1H3,(H,16,17)(H,18,19)(H4,11,12,13)(H2,20,21,22)/t5-,6+,7+/m1/s1. The SMILES string of the molecule is C[C@@H](OP(=O)(O)O)[C@H](NN[C@@H](CCCNC(=N)N)C(=O)O)C(=O)O. The summed E-state index contributed by atoms with van der Waals surface area (Å²) >= 11 is 0. The van der Waals surface area contributed by atoms with Crippen molar-refractivity contribution in [2.75, 3.05) is 6.54 Å². The van der Waals surface area contributed by atoms with Crippen LogP contribution in [-0.2, 0) is 18.7 Å². The van der Waals surface area contributed by atoms with Crippen LogP contribution in [-0.4, -0.2) is 62.6 Å². The smallest absolute Gasteiger partial charge is 0.469 e. The molecule has 0 rings (SSSR count). The number of phosphoric acid groups is 1. The van der Waals surface area contributed by atoms with Gasteiger partial charge in [-0.15, -0.1) is 0 Å². The van der Waals surface area contributed by atoms with E-state index in [4.69, 9.17) is 31.1 Å². The summed E-state index contributed by atoms with van der Waals surface area (Å²) in [6.45, 7) is 1.36. The minimum atomic E-state index is -4.90. The summed E-state index contributed by atoms with van der Waals surface area (Å²) in [5, 5.41) is 27.5. The Morgan fingerprint density at radius 1 is 1.25 bits per heavy atom. The van der Waals surface area contributed by atoms with E-state index in [-0.39, 0.29) is 18.9 Å². The van der Waals surface area contributed by atoms with Gasteiger partial charge < -0.3 is 31.1 Å². The van der Waals surface area contributed by atoms with Gasteiger partial charge in [0.1, 0.15) is 12.1 Å². The number of carbonyl (C=O) groups is 2. The molecule has 0 aliphatic rings. The molecule has 0 aliphatic carbocycles. The Morgan fingerprint density at radius 2 is 1.83 bits per heavy atom. The number of phosphoric ester groups is 1. The fourth-order valence-electron chi connectivity index (χ4n) is 1.63. The van der Waals surface area contributed by atoms with Crippen molar-refractivity contribution >= 4 is 25.7 Å². The summed E-state index contributed by atoms with van der Waals surface area (Å²) in [6.07, 6.45) is -1.05. The topological polar surface area (TPSA) is 227 Å². The van der Waals surface area contributed by atoms with E-state index in [0.29, 0.717) is 6.42 Å². The first kappa shape index (κ1) is 22.2. The highest BCUT2D eigenvalue weighted by Gasteiger charge is 2.32. The summed E-state index contributed by atoms with van der Waals surface area (Å²) in [4.78, 5) is 39.6. The van der Waals surface area contributed by atoms with Gasteiger partial charge in [0.25, 0.3) is 0 Å². The van der Waals surface area contributed by atoms with Crippen LogP contribution in [0.25, 0.3) is 0 Å². The molecule has 0 aromatic carbocycles. The van der Waals surface area contributed by atoms with E-state index in [2.05, 4.69) is 20.7 Å². The highest BCUT2D eigenvalue weighted by atomic mass is 31.2. The van der Waals surface area contributed by atoms with Crippen LogP contribution in [0, 0.1) is 5.41 Å². The number of carboxylic acids is 2. The molecule has 0 unspecified atom stereocenters. The third-order valence-corrected chi connectivity index (χ3v) is 3.34. The van der Waals surface area contributed by atoms with Crippen LogP contribution in [0.4, 0.5) is 0 Å². The Balaban J connectivity index is 4.60. The zero-order valence-electron chi connectivity index (χ0n) is 12.8. The second kappa shape index (κ2) is 10.2. The summed E-state index contributed by atoms with van der Waals surface area (Å²) in [5.41, 5.74) is 9.54. The maximum atomic E-state index is 11.1. The second-order valence-electron chi connectivity index (χ2n) is 4.78. The molecule has 0 bridgehead atoms. The van der Waals surface area contributed by atoms with Crippen molar-refractivity contribution in [2.24, 2.45) is 5.73 Å². The molecule has 0 aromatic heterocycles. The van der Waals surface area contributed by atoms with Crippen LogP contribution in [0.1, 0.15) is 19.8 Å². The lowest BCUT2D eigenvalue weighted by Gasteiger charge is -2.24. The third-order valence-electron chi connectivity index (χ3n) is 2.74. The average Bonchev–Trinajstić information content (AvgIpc) is 2.38. The van der Waals surface area contributed by atoms with E-state index >= 15 is 0 Å². The van der Waals surface area contributed by atoms with Crippen molar-refractivity contribution in [1.82, 2.24) is 16.2 Å². The van der Waals surface area contributed by atoms with Crippen molar-refractivity contribution < 1.29 is 38.7 Å². The zero-order valence-corrected chi connectivity index (χ0v) is 13.7. The minimum absolute atomic E-state index is 0.0721. The van der Waals surface area contributed by atoms with Gasteiger partial charge >= 0.3 is 19.8 Å². The Hall–Kier alpha value is -1.76. The molecule has 0 spiro atoms. The molecule has 0 saturated heterocycles. The van der Waals surface area contributed by atoms with Gasteiger partial charge in [0.15, 0.2) is 5.96 Å². The largest absolute Gasteiger partial charge is 0.480 e. The van der Waals surface area contributed by atoms with E-state index in [1.807, 2.05) is 0 Å². The molecule has 0 aliphatic heterocycles. The highest BCUT2D eigenvalue weighted by molar-refractivity contribution is 7.46. The first-order valence-electron chi connectivity index (χ1n) is 6.72. The lowest BCUT2D eigenvalue weighted by atomic mass is 10.1. The molecule has 0 fully saturated rings. The van der Waals surface area contributed by atoms with Crippen LogP contribution in [0.5, 0.6) is 0 Å². The Morgan fingerprint density at radius 3 is 2.25 bits per heavy atom. The van der Waals surface area contributed by atoms with Crippen LogP contribution < -0.4 is 21.9 Å². The molecule has 0 aromatic rings.